The van der Waals surface area contributed by atoms with Crippen LogP contribution in [0.3, 0.4) is 0 Å². The number of fused-ring (bicyclic) bond motifs is 1. The first-order chi connectivity index (χ1) is 15.8. The normalized spacial score (nSPS) is 20.6. The first kappa shape index (κ1) is 23.3. The van der Waals surface area contributed by atoms with E-state index in [1.807, 2.05) is 0 Å². The predicted octanol–water partition coefficient (Wildman–Crippen LogP) is 2.86. The van der Waals surface area contributed by atoms with Gasteiger partial charge >= 0.3 is 0 Å². The Morgan fingerprint density at radius 2 is 1.64 bits per heavy atom. The van der Waals surface area contributed by atoms with E-state index in [9.17, 15) is 18.0 Å². The van der Waals surface area contributed by atoms with Crippen LogP contribution in [0.5, 0.6) is 11.5 Å². The van der Waals surface area contributed by atoms with E-state index < -0.39 is 10.0 Å². The van der Waals surface area contributed by atoms with E-state index in [1.165, 1.54) is 18.1 Å². The van der Waals surface area contributed by atoms with Crippen molar-refractivity contribution in [1.29, 1.82) is 0 Å². The molecule has 33 heavy (non-hydrogen) atoms. The minimum absolute atomic E-state index is 0.0399. The van der Waals surface area contributed by atoms with Gasteiger partial charge in [0.05, 0.1) is 32.6 Å². The zero-order chi connectivity index (χ0) is 23.6. The Hall–Kier alpha value is -2.91. The molecule has 0 unspecified atom stereocenters. The van der Waals surface area contributed by atoms with E-state index in [0.29, 0.717) is 11.3 Å². The number of carbonyl (C=O) groups excluding carboxylic acids is 2. The van der Waals surface area contributed by atoms with Crippen molar-refractivity contribution in [3.63, 3.8) is 0 Å². The van der Waals surface area contributed by atoms with Crippen molar-refractivity contribution in [3.05, 3.63) is 53.6 Å². The fourth-order valence-corrected chi connectivity index (χ4v) is 5.87. The summed E-state index contributed by atoms with van der Waals surface area (Å²) < 4.78 is 39.2. The molecular weight excluding hydrogens is 444 g/mol. The second-order valence-corrected chi connectivity index (χ2v) is 10.2. The Morgan fingerprint density at radius 3 is 2.27 bits per heavy atom. The van der Waals surface area contributed by atoms with Crippen molar-refractivity contribution < 1.29 is 27.5 Å². The third kappa shape index (κ3) is 4.74. The highest BCUT2D eigenvalue weighted by Crippen LogP contribution is 2.39. The number of sulfonamides is 1. The van der Waals surface area contributed by atoms with Crippen molar-refractivity contribution >= 4 is 21.8 Å². The highest BCUT2D eigenvalue weighted by Gasteiger charge is 2.47. The van der Waals surface area contributed by atoms with Crippen molar-refractivity contribution in [1.82, 2.24) is 9.62 Å². The lowest BCUT2D eigenvalue weighted by molar-refractivity contribution is -0.140. The van der Waals surface area contributed by atoms with Crippen molar-refractivity contribution in [2.75, 3.05) is 14.2 Å². The number of rotatable bonds is 8. The fraction of sp³-hybridized carbons (Fsp3) is 0.417. The molecule has 176 valence electrons. The summed E-state index contributed by atoms with van der Waals surface area (Å²) in [5, 5.41) is 0. The van der Waals surface area contributed by atoms with Crippen LogP contribution in [0.1, 0.15) is 36.8 Å². The molecule has 2 aromatic carbocycles. The zero-order valence-corrected chi connectivity index (χ0v) is 19.6. The number of hydrogen-bond acceptors (Lipinski definition) is 6. The van der Waals surface area contributed by atoms with Crippen LogP contribution in [-0.4, -0.2) is 39.4 Å². The van der Waals surface area contributed by atoms with E-state index in [1.54, 1.807) is 43.5 Å². The molecule has 1 aliphatic carbocycles. The monoisotopic (exact) mass is 472 g/mol. The average molecular weight is 473 g/mol. The lowest BCUT2D eigenvalue weighted by atomic mass is 9.81. The largest absolute Gasteiger partial charge is 0.497 e. The van der Waals surface area contributed by atoms with Crippen LogP contribution in [0.2, 0.25) is 0 Å². The maximum Gasteiger partial charge on any atom is 0.244 e. The molecule has 0 aromatic heterocycles. The van der Waals surface area contributed by atoms with E-state index in [0.717, 1.165) is 31.2 Å². The molecule has 2 aliphatic rings. The van der Waals surface area contributed by atoms with Crippen LogP contribution in [0, 0.1) is 11.8 Å². The molecule has 1 saturated carbocycles. The number of ether oxygens (including phenoxy) is 2. The number of hydrogen-bond donors (Lipinski definition) is 1. The van der Waals surface area contributed by atoms with Gasteiger partial charge in [0.1, 0.15) is 16.4 Å². The SMILES string of the molecule is COc1cccc(CNS(=O)(=O)c2cc(CN3C(=O)[C@H]4CCCC[C@H]4C3=O)ccc2OC)c1. The summed E-state index contributed by atoms with van der Waals surface area (Å²) in [5.74, 6) is 0.0352. The Labute approximate surface area is 193 Å². The van der Waals surface area contributed by atoms with Crippen LogP contribution in [0.15, 0.2) is 47.4 Å². The summed E-state index contributed by atoms with van der Waals surface area (Å²) >= 11 is 0. The van der Waals surface area contributed by atoms with Gasteiger partial charge in [-0.1, -0.05) is 31.0 Å². The van der Waals surface area contributed by atoms with Crippen LogP contribution >= 0.6 is 0 Å². The van der Waals surface area contributed by atoms with Crippen molar-refractivity contribution in [2.45, 2.75) is 43.7 Å². The zero-order valence-electron chi connectivity index (χ0n) is 18.7. The van der Waals surface area contributed by atoms with Crippen LogP contribution in [0.4, 0.5) is 0 Å². The molecule has 2 amide bonds. The highest BCUT2D eigenvalue weighted by molar-refractivity contribution is 7.89. The van der Waals surface area contributed by atoms with Gasteiger partial charge in [-0.2, -0.15) is 0 Å². The van der Waals surface area contributed by atoms with Gasteiger partial charge in [-0.3, -0.25) is 14.5 Å². The molecule has 1 N–H and O–H groups in total. The Kier molecular flexibility index (Phi) is 6.71. The predicted molar refractivity (Wildman–Crippen MR) is 121 cm³/mol. The third-order valence-electron chi connectivity index (χ3n) is 6.39. The molecule has 1 aliphatic heterocycles. The van der Waals surface area contributed by atoms with Gasteiger partial charge in [0.15, 0.2) is 0 Å². The number of imide groups is 1. The standard InChI is InChI=1S/C24H28N2O6S/c1-31-18-7-5-6-16(12-18)14-25-33(29,30)22-13-17(10-11-21(22)32-2)15-26-23(27)19-8-3-4-9-20(19)24(26)28/h5-7,10-13,19-20,25H,3-4,8-9,14-15H2,1-2H3/t19-,20+. The summed E-state index contributed by atoms with van der Waals surface area (Å²) in [6.45, 7) is 0.117. The minimum Gasteiger partial charge on any atom is -0.497 e. The molecule has 0 radical (unpaired) electrons. The maximum atomic E-state index is 13.1. The van der Waals surface area contributed by atoms with E-state index in [4.69, 9.17) is 9.47 Å². The first-order valence-corrected chi connectivity index (χ1v) is 12.5. The van der Waals surface area contributed by atoms with Crippen LogP contribution in [0.25, 0.3) is 0 Å². The topological polar surface area (TPSA) is 102 Å². The van der Waals surface area contributed by atoms with Gasteiger partial charge in [-0.25, -0.2) is 13.1 Å². The average Bonchev–Trinajstić information content (AvgIpc) is 3.08. The lowest BCUT2D eigenvalue weighted by Gasteiger charge is -2.19. The summed E-state index contributed by atoms with van der Waals surface area (Å²) in [5.41, 5.74) is 1.29. The van der Waals surface area contributed by atoms with Gasteiger partial charge < -0.3 is 9.47 Å². The van der Waals surface area contributed by atoms with Crippen molar-refractivity contribution in [3.8, 4) is 11.5 Å². The molecule has 2 aromatic rings. The second kappa shape index (κ2) is 9.52. The summed E-state index contributed by atoms with van der Waals surface area (Å²) in [7, 11) is -0.986. The highest BCUT2D eigenvalue weighted by atomic mass is 32.2. The van der Waals surface area contributed by atoms with E-state index >= 15 is 0 Å². The fourth-order valence-electron chi connectivity index (χ4n) is 4.64. The Balaban J connectivity index is 1.55. The number of benzene rings is 2. The summed E-state index contributed by atoms with van der Waals surface area (Å²) in [6, 6.07) is 11.8. The number of methoxy groups -OCH3 is 2. The van der Waals surface area contributed by atoms with Gasteiger partial charge in [-0.15, -0.1) is 0 Å². The maximum absolute atomic E-state index is 13.1. The molecule has 4 rings (SSSR count). The third-order valence-corrected chi connectivity index (χ3v) is 7.81. The van der Waals surface area contributed by atoms with Gasteiger partial charge in [-0.05, 0) is 48.2 Å². The number of likely N-dealkylation sites (tertiary alicyclic amines) is 1. The molecule has 2 atom stereocenters. The molecule has 0 spiro atoms. The molecule has 0 bridgehead atoms. The molecule has 2 fully saturated rings. The molecule has 9 heteroatoms. The summed E-state index contributed by atoms with van der Waals surface area (Å²) in [6.07, 6.45) is 3.39. The summed E-state index contributed by atoms with van der Waals surface area (Å²) in [4.78, 5) is 26.9. The van der Waals surface area contributed by atoms with Crippen LogP contribution < -0.4 is 14.2 Å². The Bertz CT molecular complexity index is 1140. The number of carbonyl (C=O) groups is 2. The van der Waals surface area contributed by atoms with E-state index in [-0.39, 0.29) is 47.4 Å². The number of nitrogens with zero attached hydrogens (tertiary/aromatic N) is 1. The lowest BCUT2D eigenvalue weighted by Crippen LogP contribution is -2.30. The first-order valence-electron chi connectivity index (χ1n) is 11.0. The Morgan fingerprint density at radius 1 is 0.939 bits per heavy atom. The van der Waals surface area contributed by atoms with Gasteiger partial charge in [0.2, 0.25) is 21.8 Å². The smallest absolute Gasteiger partial charge is 0.244 e. The molecule has 8 nitrogen and oxygen atoms in total. The molecule has 1 heterocycles. The van der Waals surface area contributed by atoms with Gasteiger partial charge in [0.25, 0.3) is 0 Å². The van der Waals surface area contributed by atoms with E-state index in [2.05, 4.69) is 4.72 Å². The van der Waals surface area contributed by atoms with Crippen LogP contribution in [-0.2, 0) is 32.7 Å². The molecular formula is C24H28N2O6S. The quantitative estimate of drug-likeness (QED) is 0.593. The second-order valence-electron chi connectivity index (χ2n) is 8.42. The number of amides is 2. The molecule has 1 saturated heterocycles. The minimum atomic E-state index is -3.93. The van der Waals surface area contributed by atoms with Gasteiger partial charge in [0, 0.05) is 6.54 Å². The number of nitrogens with one attached hydrogen (secondary N) is 1. The van der Waals surface area contributed by atoms with Crippen molar-refractivity contribution in [2.24, 2.45) is 11.8 Å².